The van der Waals surface area contributed by atoms with Crippen molar-refractivity contribution >= 4 is 40.6 Å². The quantitative estimate of drug-likeness (QED) is 0.586. The zero-order valence-corrected chi connectivity index (χ0v) is 15.9. The van der Waals surface area contributed by atoms with Crippen LogP contribution < -0.4 is 0 Å². The van der Waals surface area contributed by atoms with E-state index >= 15 is 0 Å². The van der Waals surface area contributed by atoms with Crippen molar-refractivity contribution in [1.82, 2.24) is 4.90 Å². The van der Waals surface area contributed by atoms with Crippen LogP contribution in [0.15, 0.2) is 65.0 Å². The fraction of sp³-hybridized carbons (Fsp3) is 0.0952. The second kappa shape index (κ2) is 8.14. The van der Waals surface area contributed by atoms with Crippen LogP contribution in [0.25, 0.3) is 6.08 Å². The second-order valence-electron chi connectivity index (χ2n) is 6.13. The smallest absolute Gasteiger partial charge is 0.339 e. The molecule has 6 nitrogen and oxygen atoms in total. The van der Waals surface area contributed by atoms with Crippen LogP contribution in [-0.2, 0) is 4.79 Å². The van der Waals surface area contributed by atoms with Crippen molar-refractivity contribution < 1.29 is 19.8 Å². The molecule has 1 heterocycles. The molecule has 0 spiro atoms. The van der Waals surface area contributed by atoms with Gasteiger partial charge in [-0.05, 0) is 42.5 Å². The van der Waals surface area contributed by atoms with Crippen molar-refractivity contribution in [3.8, 4) is 5.75 Å². The van der Waals surface area contributed by atoms with Crippen LogP contribution in [0.4, 0.5) is 5.69 Å². The van der Waals surface area contributed by atoms with Crippen LogP contribution in [0, 0.1) is 6.92 Å². The third-order valence-corrected chi connectivity index (χ3v) is 4.98. The summed E-state index contributed by atoms with van der Waals surface area (Å²) in [5.41, 5.74) is 2.15. The number of aliphatic imine (C=N–C) groups is 1. The Morgan fingerprint density at radius 2 is 2.07 bits per heavy atom. The van der Waals surface area contributed by atoms with E-state index in [0.717, 1.165) is 11.1 Å². The summed E-state index contributed by atoms with van der Waals surface area (Å²) in [5, 5.41) is 19.3. The SMILES string of the molecule is C=CCN1C(=O)/C(=C/c2cccc(C)c2)SC1=Nc1ccc(C(=O)O)c(O)c1. The molecule has 0 aromatic heterocycles. The lowest BCUT2D eigenvalue weighted by Gasteiger charge is -2.12. The molecule has 1 saturated heterocycles. The Bertz CT molecular complexity index is 1030. The molecule has 7 heteroatoms. The minimum Gasteiger partial charge on any atom is -0.507 e. The van der Waals surface area contributed by atoms with E-state index in [0.29, 0.717) is 15.8 Å². The zero-order chi connectivity index (χ0) is 20.3. The van der Waals surface area contributed by atoms with Gasteiger partial charge in [-0.3, -0.25) is 9.69 Å². The molecule has 28 heavy (non-hydrogen) atoms. The summed E-state index contributed by atoms with van der Waals surface area (Å²) < 4.78 is 0. The summed E-state index contributed by atoms with van der Waals surface area (Å²) in [6.07, 6.45) is 3.41. The fourth-order valence-electron chi connectivity index (χ4n) is 2.67. The molecule has 3 rings (SSSR count). The number of aromatic carboxylic acids is 1. The number of carboxylic acid groups (broad SMARTS) is 1. The molecular weight excluding hydrogens is 376 g/mol. The lowest BCUT2D eigenvalue weighted by atomic mass is 10.1. The number of aromatic hydroxyl groups is 1. The largest absolute Gasteiger partial charge is 0.507 e. The molecule has 1 aliphatic heterocycles. The number of hydrogen-bond donors (Lipinski definition) is 2. The van der Waals surface area contributed by atoms with E-state index < -0.39 is 5.97 Å². The predicted molar refractivity (Wildman–Crippen MR) is 111 cm³/mol. The first-order valence-electron chi connectivity index (χ1n) is 8.43. The van der Waals surface area contributed by atoms with Gasteiger partial charge in [0, 0.05) is 12.6 Å². The Hall–Kier alpha value is -3.32. The van der Waals surface area contributed by atoms with Crippen molar-refractivity contribution in [3.63, 3.8) is 0 Å². The predicted octanol–water partition coefficient (Wildman–Crippen LogP) is 4.19. The Morgan fingerprint density at radius 3 is 2.71 bits per heavy atom. The Morgan fingerprint density at radius 1 is 1.29 bits per heavy atom. The number of amidine groups is 1. The summed E-state index contributed by atoms with van der Waals surface area (Å²) in [6.45, 7) is 5.95. The highest BCUT2D eigenvalue weighted by Crippen LogP contribution is 2.35. The molecule has 0 unspecified atom stereocenters. The number of amides is 1. The highest BCUT2D eigenvalue weighted by Gasteiger charge is 2.32. The Balaban J connectivity index is 1.96. The number of benzene rings is 2. The number of nitrogens with zero attached hydrogens (tertiary/aromatic N) is 2. The van der Waals surface area contributed by atoms with Crippen molar-refractivity contribution in [2.75, 3.05) is 6.54 Å². The van der Waals surface area contributed by atoms with Crippen LogP contribution in [0.5, 0.6) is 5.75 Å². The molecule has 0 saturated carbocycles. The molecule has 1 amide bonds. The van der Waals surface area contributed by atoms with Gasteiger partial charge in [-0.15, -0.1) is 6.58 Å². The van der Waals surface area contributed by atoms with E-state index in [2.05, 4.69) is 11.6 Å². The lowest BCUT2D eigenvalue weighted by molar-refractivity contribution is -0.121. The number of carbonyl (C=O) groups excluding carboxylic acids is 1. The number of aryl methyl sites for hydroxylation is 1. The monoisotopic (exact) mass is 394 g/mol. The Labute approximate surface area is 166 Å². The van der Waals surface area contributed by atoms with E-state index in [1.54, 1.807) is 6.08 Å². The minimum atomic E-state index is -1.22. The van der Waals surface area contributed by atoms with Gasteiger partial charge in [0.25, 0.3) is 5.91 Å². The van der Waals surface area contributed by atoms with Gasteiger partial charge < -0.3 is 10.2 Å². The maximum Gasteiger partial charge on any atom is 0.339 e. The van der Waals surface area contributed by atoms with Crippen LogP contribution in [-0.4, -0.2) is 38.7 Å². The van der Waals surface area contributed by atoms with E-state index in [1.165, 1.54) is 34.9 Å². The van der Waals surface area contributed by atoms with Gasteiger partial charge >= 0.3 is 5.97 Å². The Kier molecular flexibility index (Phi) is 5.65. The third-order valence-electron chi connectivity index (χ3n) is 3.98. The topological polar surface area (TPSA) is 90.2 Å². The van der Waals surface area contributed by atoms with Gasteiger partial charge in [-0.1, -0.05) is 35.9 Å². The fourth-order valence-corrected chi connectivity index (χ4v) is 3.68. The van der Waals surface area contributed by atoms with E-state index in [-0.39, 0.29) is 23.8 Å². The molecule has 2 aromatic carbocycles. The molecule has 2 aromatic rings. The van der Waals surface area contributed by atoms with Gasteiger partial charge in [-0.2, -0.15) is 0 Å². The third kappa shape index (κ3) is 4.15. The second-order valence-corrected chi connectivity index (χ2v) is 7.14. The molecule has 0 aliphatic carbocycles. The van der Waals surface area contributed by atoms with Gasteiger partial charge in [0.2, 0.25) is 0 Å². The molecule has 0 bridgehead atoms. The minimum absolute atomic E-state index is 0.184. The van der Waals surface area contributed by atoms with Crippen LogP contribution in [0.2, 0.25) is 0 Å². The first-order valence-corrected chi connectivity index (χ1v) is 9.24. The highest BCUT2D eigenvalue weighted by atomic mass is 32.2. The maximum atomic E-state index is 12.8. The molecule has 0 atom stereocenters. The number of rotatable bonds is 5. The van der Waals surface area contributed by atoms with E-state index in [9.17, 15) is 14.7 Å². The number of hydrogen-bond acceptors (Lipinski definition) is 5. The highest BCUT2D eigenvalue weighted by molar-refractivity contribution is 8.18. The molecule has 1 fully saturated rings. The van der Waals surface area contributed by atoms with E-state index in [1.807, 2.05) is 37.3 Å². The summed E-state index contributed by atoms with van der Waals surface area (Å²) in [6, 6.07) is 11.8. The number of thioether (sulfide) groups is 1. The van der Waals surface area contributed by atoms with Crippen molar-refractivity contribution in [2.45, 2.75) is 6.92 Å². The number of carboxylic acids is 1. The normalized spacial score (nSPS) is 16.8. The molecule has 2 N–H and O–H groups in total. The first kappa shape index (κ1) is 19.4. The average molecular weight is 394 g/mol. The standard InChI is InChI=1S/C21H18N2O4S/c1-3-9-23-19(25)18(11-14-6-4-5-13(2)10-14)28-21(23)22-15-7-8-16(20(26)27)17(24)12-15/h3-8,10-12,24H,1,9H2,2H3,(H,26,27)/b18-11-,22-21?. The number of carbonyl (C=O) groups is 2. The summed E-state index contributed by atoms with van der Waals surface area (Å²) in [7, 11) is 0. The molecular formula is C21H18N2O4S. The molecule has 142 valence electrons. The van der Waals surface area contributed by atoms with Crippen LogP contribution >= 0.6 is 11.8 Å². The summed E-state index contributed by atoms with van der Waals surface area (Å²) in [5.74, 6) is -1.79. The van der Waals surface area contributed by atoms with Crippen LogP contribution in [0.3, 0.4) is 0 Å². The van der Waals surface area contributed by atoms with Crippen molar-refractivity contribution in [2.24, 2.45) is 4.99 Å². The zero-order valence-electron chi connectivity index (χ0n) is 15.1. The first-order chi connectivity index (χ1) is 13.4. The van der Waals surface area contributed by atoms with Crippen molar-refractivity contribution in [3.05, 3.63) is 76.7 Å². The molecule has 1 aliphatic rings. The summed E-state index contributed by atoms with van der Waals surface area (Å²) in [4.78, 5) is 30.2. The van der Waals surface area contributed by atoms with Crippen LogP contribution in [0.1, 0.15) is 21.5 Å². The maximum absolute atomic E-state index is 12.8. The lowest BCUT2D eigenvalue weighted by Crippen LogP contribution is -2.29. The number of phenols is 1. The van der Waals surface area contributed by atoms with Gasteiger partial charge in [0.15, 0.2) is 5.17 Å². The van der Waals surface area contributed by atoms with Crippen molar-refractivity contribution in [1.29, 1.82) is 0 Å². The summed E-state index contributed by atoms with van der Waals surface area (Å²) >= 11 is 1.22. The average Bonchev–Trinajstić information content (AvgIpc) is 2.91. The molecule has 0 radical (unpaired) electrons. The van der Waals surface area contributed by atoms with Gasteiger partial charge in [0.1, 0.15) is 11.3 Å². The van der Waals surface area contributed by atoms with Gasteiger partial charge in [-0.25, -0.2) is 9.79 Å². The van der Waals surface area contributed by atoms with Gasteiger partial charge in [0.05, 0.1) is 10.6 Å². The van der Waals surface area contributed by atoms with E-state index in [4.69, 9.17) is 5.11 Å².